The van der Waals surface area contributed by atoms with Gasteiger partial charge in [0.15, 0.2) is 0 Å². The zero-order valence-corrected chi connectivity index (χ0v) is 11.7. The predicted octanol–water partition coefficient (Wildman–Crippen LogP) is 3.30. The van der Waals surface area contributed by atoms with Crippen molar-refractivity contribution in [3.8, 4) is 0 Å². The minimum atomic E-state index is 0.797. The third-order valence-electron chi connectivity index (χ3n) is 3.87. The van der Waals surface area contributed by atoms with E-state index in [1.54, 1.807) is 0 Å². The molecule has 1 heterocycles. The van der Waals surface area contributed by atoms with Crippen molar-refractivity contribution in [2.75, 3.05) is 26.4 Å². The number of nitrogens with zero attached hydrogens (tertiary/aromatic N) is 1. The smallest absolute Gasteiger partial charge is 0.0114 e. The van der Waals surface area contributed by atoms with E-state index in [0.29, 0.717) is 0 Å². The van der Waals surface area contributed by atoms with E-state index in [1.165, 1.54) is 37.9 Å². The van der Waals surface area contributed by atoms with Crippen LogP contribution in [0.4, 0.5) is 0 Å². The third kappa shape index (κ3) is 3.75. The van der Waals surface area contributed by atoms with Crippen LogP contribution < -0.4 is 0 Å². The summed E-state index contributed by atoms with van der Waals surface area (Å²) >= 11 is 2.05. The molecule has 0 radical (unpaired) electrons. The van der Waals surface area contributed by atoms with E-state index >= 15 is 0 Å². The highest BCUT2D eigenvalue weighted by molar-refractivity contribution is 7.99. The molecule has 1 aromatic carbocycles. The van der Waals surface area contributed by atoms with Gasteiger partial charge in [0.25, 0.3) is 0 Å². The Balaban J connectivity index is 1.92. The fourth-order valence-corrected chi connectivity index (χ4v) is 3.71. The topological polar surface area (TPSA) is 3.24 Å². The number of thioether (sulfide) groups is 1. The Morgan fingerprint density at radius 1 is 1.24 bits per heavy atom. The van der Waals surface area contributed by atoms with Crippen molar-refractivity contribution < 1.29 is 0 Å². The molecule has 1 atom stereocenters. The molecule has 1 fully saturated rings. The van der Waals surface area contributed by atoms with Crippen LogP contribution in [0.3, 0.4) is 0 Å². The van der Waals surface area contributed by atoms with Crippen LogP contribution in [0.5, 0.6) is 0 Å². The summed E-state index contributed by atoms with van der Waals surface area (Å²) in [7, 11) is 2.24. The summed E-state index contributed by atoms with van der Waals surface area (Å²) in [5.74, 6) is 0.904. The second-order valence-electron chi connectivity index (χ2n) is 5.10. The average Bonchev–Trinajstić information content (AvgIpc) is 2.38. The molecule has 2 heteroatoms. The van der Waals surface area contributed by atoms with Crippen molar-refractivity contribution in [1.82, 2.24) is 4.90 Å². The van der Waals surface area contributed by atoms with Gasteiger partial charge in [-0.15, -0.1) is 0 Å². The first-order valence-electron chi connectivity index (χ1n) is 6.55. The van der Waals surface area contributed by atoms with Gasteiger partial charge in [-0.1, -0.05) is 30.3 Å². The molecule has 1 aliphatic rings. The van der Waals surface area contributed by atoms with Gasteiger partial charge in [0.05, 0.1) is 0 Å². The van der Waals surface area contributed by atoms with Crippen LogP contribution in [0.25, 0.3) is 0 Å². The van der Waals surface area contributed by atoms with Gasteiger partial charge in [-0.05, 0) is 57.1 Å². The van der Waals surface area contributed by atoms with Gasteiger partial charge in [0.2, 0.25) is 0 Å². The summed E-state index contributed by atoms with van der Waals surface area (Å²) in [5.41, 5.74) is 1.49. The summed E-state index contributed by atoms with van der Waals surface area (Å²) in [6.45, 7) is 2.55. The summed E-state index contributed by atoms with van der Waals surface area (Å²) in [6.07, 6.45) is 6.24. The van der Waals surface area contributed by atoms with Crippen LogP contribution in [-0.4, -0.2) is 36.5 Å². The highest BCUT2D eigenvalue weighted by Crippen LogP contribution is 2.29. The molecule has 1 aromatic rings. The standard InChI is InChI=1S/C15H23NS/c1-16-10-8-14(9-11-16)15(17-2)12-13-6-4-3-5-7-13/h3-7,14-15H,8-12H2,1-2H3. The fraction of sp³-hybridized carbons (Fsp3) is 0.600. The van der Waals surface area contributed by atoms with E-state index in [1.807, 2.05) is 0 Å². The second-order valence-corrected chi connectivity index (χ2v) is 6.18. The van der Waals surface area contributed by atoms with Gasteiger partial charge >= 0.3 is 0 Å². The van der Waals surface area contributed by atoms with Gasteiger partial charge in [-0.3, -0.25) is 0 Å². The predicted molar refractivity (Wildman–Crippen MR) is 77.7 cm³/mol. The quantitative estimate of drug-likeness (QED) is 0.805. The molecule has 0 spiro atoms. The molecule has 0 N–H and O–H groups in total. The van der Waals surface area contributed by atoms with E-state index in [-0.39, 0.29) is 0 Å². The highest BCUT2D eigenvalue weighted by Gasteiger charge is 2.24. The van der Waals surface area contributed by atoms with Gasteiger partial charge in [-0.25, -0.2) is 0 Å². The molecule has 1 nitrogen and oxygen atoms in total. The van der Waals surface area contributed by atoms with Crippen molar-refractivity contribution in [2.24, 2.45) is 5.92 Å². The molecule has 17 heavy (non-hydrogen) atoms. The van der Waals surface area contributed by atoms with Crippen molar-refractivity contribution in [2.45, 2.75) is 24.5 Å². The Hall–Kier alpha value is -0.470. The first kappa shape index (κ1) is 13.0. The number of benzene rings is 1. The summed E-state index contributed by atoms with van der Waals surface area (Å²) < 4.78 is 0. The molecular weight excluding hydrogens is 226 g/mol. The lowest BCUT2D eigenvalue weighted by molar-refractivity contribution is 0.216. The molecule has 1 saturated heterocycles. The molecule has 94 valence electrons. The number of hydrogen-bond donors (Lipinski definition) is 0. The fourth-order valence-electron chi connectivity index (χ4n) is 2.69. The largest absolute Gasteiger partial charge is 0.306 e. The summed E-state index contributed by atoms with van der Waals surface area (Å²) in [4.78, 5) is 2.45. The number of piperidine rings is 1. The van der Waals surface area contributed by atoms with E-state index in [2.05, 4.69) is 60.3 Å². The molecule has 0 aromatic heterocycles. The van der Waals surface area contributed by atoms with E-state index < -0.39 is 0 Å². The SMILES string of the molecule is CSC(Cc1ccccc1)C1CCN(C)CC1. The zero-order valence-electron chi connectivity index (χ0n) is 10.9. The Morgan fingerprint density at radius 3 is 2.47 bits per heavy atom. The molecule has 0 aliphatic carbocycles. The monoisotopic (exact) mass is 249 g/mol. The molecule has 2 rings (SSSR count). The Morgan fingerprint density at radius 2 is 1.88 bits per heavy atom. The Bertz CT molecular complexity index is 317. The zero-order chi connectivity index (χ0) is 12.1. The lowest BCUT2D eigenvalue weighted by Gasteiger charge is -2.33. The molecule has 1 aliphatic heterocycles. The van der Waals surface area contributed by atoms with E-state index in [9.17, 15) is 0 Å². The molecular formula is C15H23NS. The van der Waals surface area contributed by atoms with Gasteiger partial charge in [-0.2, -0.15) is 11.8 Å². The van der Waals surface area contributed by atoms with Crippen molar-refractivity contribution in [1.29, 1.82) is 0 Å². The lowest BCUT2D eigenvalue weighted by atomic mass is 9.90. The van der Waals surface area contributed by atoms with Crippen molar-refractivity contribution >= 4 is 11.8 Å². The molecule has 1 unspecified atom stereocenters. The third-order valence-corrected chi connectivity index (χ3v) is 5.03. The maximum absolute atomic E-state index is 2.45. The summed E-state index contributed by atoms with van der Waals surface area (Å²) in [5, 5.41) is 0.797. The van der Waals surface area contributed by atoms with Crippen LogP contribution >= 0.6 is 11.8 Å². The van der Waals surface area contributed by atoms with Gasteiger partial charge in [0.1, 0.15) is 0 Å². The maximum atomic E-state index is 2.45. The highest BCUT2D eigenvalue weighted by atomic mass is 32.2. The van der Waals surface area contributed by atoms with Gasteiger partial charge < -0.3 is 4.90 Å². The van der Waals surface area contributed by atoms with Gasteiger partial charge in [0, 0.05) is 5.25 Å². The number of hydrogen-bond acceptors (Lipinski definition) is 2. The van der Waals surface area contributed by atoms with Crippen LogP contribution in [0.15, 0.2) is 30.3 Å². The van der Waals surface area contributed by atoms with Crippen molar-refractivity contribution in [3.05, 3.63) is 35.9 Å². The van der Waals surface area contributed by atoms with E-state index in [4.69, 9.17) is 0 Å². The van der Waals surface area contributed by atoms with Crippen LogP contribution in [0.2, 0.25) is 0 Å². The molecule has 0 saturated carbocycles. The Labute approximate surface area is 110 Å². The maximum Gasteiger partial charge on any atom is 0.0114 e. The van der Waals surface area contributed by atoms with Crippen LogP contribution in [0.1, 0.15) is 18.4 Å². The number of likely N-dealkylation sites (tertiary alicyclic amines) is 1. The first-order chi connectivity index (χ1) is 8.29. The minimum absolute atomic E-state index is 0.797. The van der Waals surface area contributed by atoms with E-state index in [0.717, 1.165) is 11.2 Å². The van der Waals surface area contributed by atoms with Crippen LogP contribution in [0, 0.1) is 5.92 Å². The van der Waals surface area contributed by atoms with Crippen LogP contribution in [-0.2, 0) is 6.42 Å². The second kappa shape index (κ2) is 6.46. The summed E-state index contributed by atoms with van der Waals surface area (Å²) in [6, 6.07) is 10.9. The minimum Gasteiger partial charge on any atom is -0.306 e. The molecule has 0 bridgehead atoms. The van der Waals surface area contributed by atoms with Crippen molar-refractivity contribution in [3.63, 3.8) is 0 Å². The average molecular weight is 249 g/mol. The normalized spacial score (nSPS) is 20.4. The number of rotatable bonds is 4. The first-order valence-corrected chi connectivity index (χ1v) is 7.83. The molecule has 0 amide bonds. The Kier molecular flexibility index (Phi) is 4.93. The lowest BCUT2D eigenvalue weighted by Crippen LogP contribution is -2.35.